The van der Waals surface area contributed by atoms with Crippen molar-refractivity contribution < 1.29 is 4.74 Å². The van der Waals surface area contributed by atoms with Crippen LogP contribution in [0.5, 0.6) is 0 Å². The van der Waals surface area contributed by atoms with Crippen molar-refractivity contribution in [2.45, 2.75) is 32.7 Å². The molecule has 1 aliphatic rings. The summed E-state index contributed by atoms with van der Waals surface area (Å²) in [4.78, 5) is 7.08. The molecular formula is C15H25N3O. The number of nitrogens with one attached hydrogen (secondary N) is 1. The Morgan fingerprint density at radius 3 is 2.89 bits per heavy atom. The molecule has 0 bridgehead atoms. The maximum atomic E-state index is 5.24. The van der Waals surface area contributed by atoms with Gasteiger partial charge in [-0.2, -0.15) is 0 Å². The SMILES string of the molecule is CCNc1cccc(N(CCOC)C(C)C2CC2)n1. The van der Waals surface area contributed by atoms with Gasteiger partial charge in [-0.3, -0.25) is 0 Å². The first-order valence-corrected chi connectivity index (χ1v) is 7.22. The van der Waals surface area contributed by atoms with Crippen LogP contribution in [0, 0.1) is 5.92 Å². The Kier molecular flexibility index (Phi) is 5.02. The molecule has 19 heavy (non-hydrogen) atoms. The smallest absolute Gasteiger partial charge is 0.131 e. The second-order valence-corrected chi connectivity index (χ2v) is 5.18. The highest BCUT2D eigenvalue weighted by atomic mass is 16.5. The number of hydrogen-bond acceptors (Lipinski definition) is 4. The number of hydrogen-bond donors (Lipinski definition) is 1. The second kappa shape index (κ2) is 6.75. The van der Waals surface area contributed by atoms with Crippen LogP contribution in [-0.4, -0.2) is 37.8 Å². The zero-order chi connectivity index (χ0) is 13.7. The summed E-state index contributed by atoms with van der Waals surface area (Å²) in [5.41, 5.74) is 0. The van der Waals surface area contributed by atoms with E-state index in [1.54, 1.807) is 7.11 Å². The molecule has 1 N–H and O–H groups in total. The molecule has 0 aromatic carbocycles. The van der Waals surface area contributed by atoms with Gasteiger partial charge in [-0.15, -0.1) is 0 Å². The van der Waals surface area contributed by atoms with E-state index in [1.807, 2.05) is 6.07 Å². The summed E-state index contributed by atoms with van der Waals surface area (Å²) in [6.45, 7) is 6.92. The lowest BCUT2D eigenvalue weighted by Crippen LogP contribution is -2.37. The minimum absolute atomic E-state index is 0.541. The van der Waals surface area contributed by atoms with Crippen LogP contribution in [0.25, 0.3) is 0 Å². The molecule has 1 aromatic heterocycles. The molecule has 0 radical (unpaired) electrons. The first kappa shape index (κ1) is 14.1. The summed E-state index contributed by atoms with van der Waals surface area (Å²) in [7, 11) is 1.75. The minimum Gasteiger partial charge on any atom is -0.383 e. The van der Waals surface area contributed by atoms with Crippen LogP contribution in [0.15, 0.2) is 18.2 Å². The van der Waals surface area contributed by atoms with Crippen LogP contribution in [0.4, 0.5) is 11.6 Å². The third-order valence-corrected chi connectivity index (χ3v) is 3.72. The van der Waals surface area contributed by atoms with Crippen LogP contribution >= 0.6 is 0 Å². The van der Waals surface area contributed by atoms with E-state index >= 15 is 0 Å². The van der Waals surface area contributed by atoms with E-state index in [4.69, 9.17) is 9.72 Å². The molecule has 1 saturated carbocycles. The highest BCUT2D eigenvalue weighted by molar-refractivity contribution is 5.48. The number of nitrogens with zero attached hydrogens (tertiary/aromatic N) is 2. The van der Waals surface area contributed by atoms with E-state index in [0.717, 1.165) is 37.3 Å². The zero-order valence-electron chi connectivity index (χ0n) is 12.2. The summed E-state index contributed by atoms with van der Waals surface area (Å²) >= 11 is 0. The molecular weight excluding hydrogens is 238 g/mol. The Morgan fingerprint density at radius 1 is 1.47 bits per heavy atom. The van der Waals surface area contributed by atoms with Crippen molar-refractivity contribution in [3.8, 4) is 0 Å². The molecule has 1 aliphatic carbocycles. The van der Waals surface area contributed by atoms with Crippen molar-refractivity contribution in [2.24, 2.45) is 5.92 Å². The average Bonchev–Trinajstić information content (AvgIpc) is 3.24. The monoisotopic (exact) mass is 263 g/mol. The quantitative estimate of drug-likeness (QED) is 0.782. The Labute approximate surface area is 116 Å². The first-order valence-electron chi connectivity index (χ1n) is 7.22. The molecule has 1 unspecified atom stereocenters. The normalized spacial score (nSPS) is 16.2. The predicted octanol–water partition coefficient (Wildman–Crippen LogP) is 2.76. The Balaban J connectivity index is 2.13. The average molecular weight is 263 g/mol. The molecule has 2 rings (SSSR count). The molecule has 106 valence electrons. The lowest BCUT2D eigenvalue weighted by atomic mass is 10.2. The molecule has 1 heterocycles. The molecule has 0 saturated heterocycles. The van der Waals surface area contributed by atoms with E-state index in [1.165, 1.54) is 12.8 Å². The van der Waals surface area contributed by atoms with Gasteiger partial charge in [-0.05, 0) is 44.7 Å². The first-order chi connectivity index (χ1) is 9.26. The number of rotatable bonds is 8. The molecule has 4 nitrogen and oxygen atoms in total. The fourth-order valence-electron chi connectivity index (χ4n) is 2.41. The van der Waals surface area contributed by atoms with Crippen molar-refractivity contribution in [1.29, 1.82) is 0 Å². The standard InChI is InChI=1S/C15H25N3O/c1-4-16-14-6-5-7-15(17-14)18(10-11-19-3)12(2)13-8-9-13/h5-7,12-13H,4,8-11H2,1-3H3,(H,16,17). The largest absolute Gasteiger partial charge is 0.383 e. The zero-order valence-corrected chi connectivity index (χ0v) is 12.2. The Hall–Kier alpha value is -1.29. The number of pyridine rings is 1. The van der Waals surface area contributed by atoms with Crippen LogP contribution in [0.1, 0.15) is 26.7 Å². The van der Waals surface area contributed by atoms with Gasteiger partial charge in [0.2, 0.25) is 0 Å². The summed E-state index contributed by atoms with van der Waals surface area (Å²) in [5.74, 6) is 2.82. The molecule has 0 aliphatic heterocycles. The van der Waals surface area contributed by atoms with E-state index < -0.39 is 0 Å². The van der Waals surface area contributed by atoms with Gasteiger partial charge in [-0.1, -0.05) is 6.07 Å². The van der Waals surface area contributed by atoms with Crippen molar-refractivity contribution in [3.05, 3.63) is 18.2 Å². The molecule has 0 amide bonds. The van der Waals surface area contributed by atoms with Crippen molar-refractivity contribution in [3.63, 3.8) is 0 Å². The Bertz CT molecular complexity index is 393. The van der Waals surface area contributed by atoms with E-state index in [0.29, 0.717) is 6.04 Å². The summed E-state index contributed by atoms with van der Waals surface area (Å²) in [6, 6.07) is 6.72. The van der Waals surface area contributed by atoms with Gasteiger partial charge in [-0.25, -0.2) is 4.98 Å². The molecule has 4 heteroatoms. The number of anilines is 2. The molecule has 1 atom stereocenters. The van der Waals surface area contributed by atoms with Crippen molar-refractivity contribution >= 4 is 11.6 Å². The second-order valence-electron chi connectivity index (χ2n) is 5.18. The molecule has 1 aromatic rings. The Morgan fingerprint density at radius 2 is 2.26 bits per heavy atom. The predicted molar refractivity (Wildman–Crippen MR) is 79.8 cm³/mol. The number of ether oxygens (including phenoxy) is 1. The molecule has 0 spiro atoms. The third-order valence-electron chi connectivity index (χ3n) is 3.72. The van der Waals surface area contributed by atoms with Crippen molar-refractivity contribution in [2.75, 3.05) is 37.0 Å². The maximum Gasteiger partial charge on any atom is 0.131 e. The van der Waals surface area contributed by atoms with E-state index in [-0.39, 0.29) is 0 Å². The summed E-state index contributed by atoms with van der Waals surface area (Å²) < 4.78 is 5.24. The lowest BCUT2D eigenvalue weighted by molar-refractivity contribution is 0.202. The van der Waals surface area contributed by atoms with Crippen LogP contribution in [0.3, 0.4) is 0 Å². The molecule has 1 fully saturated rings. The van der Waals surface area contributed by atoms with E-state index in [2.05, 4.69) is 36.2 Å². The number of methoxy groups -OCH3 is 1. The van der Waals surface area contributed by atoms with Gasteiger partial charge < -0.3 is 15.0 Å². The fourth-order valence-corrected chi connectivity index (χ4v) is 2.41. The van der Waals surface area contributed by atoms with Gasteiger partial charge in [0.1, 0.15) is 11.6 Å². The highest BCUT2D eigenvalue weighted by Gasteiger charge is 2.32. The van der Waals surface area contributed by atoms with Gasteiger partial charge >= 0.3 is 0 Å². The summed E-state index contributed by atoms with van der Waals surface area (Å²) in [5, 5.41) is 3.27. The van der Waals surface area contributed by atoms with Gasteiger partial charge in [0, 0.05) is 26.2 Å². The lowest BCUT2D eigenvalue weighted by Gasteiger charge is -2.30. The minimum atomic E-state index is 0.541. The van der Waals surface area contributed by atoms with Gasteiger partial charge in [0.15, 0.2) is 0 Å². The fraction of sp³-hybridized carbons (Fsp3) is 0.667. The maximum absolute atomic E-state index is 5.24. The van der Waals surface area contributed by atoms with Crippen LogP contribution < -0.4 is 10.2 Å². The van der Waals surface area contributed by atoms with Crippen LogP contribution in [-0.2, 0) is 4.74 Å². The van der Waals surface area contributed by atoms with Crippen LogP contribution in [0.2, 0.25) is 0 Å². The van der Waals surface area contributed by atoms with Gasteiger partial charge in [0.05, 0.1) is 6.61 Å². The van der Waals surface area contributed by atoms with Crippen molar-refractivity contribution in [1.82, 2.24) is 4.98 Å². The topological polar surface area (TPSA) is 37.4 Å². The van der Waals surface area contributed by atoms with Gasteiger partial charge in [0.25, 0.3) is 0 Å². The number of aromatic nitrogens is 1. The third kappa shape index (κ3) is 3.83. The van der Waals surface area contributed by atoms with E-state index in [9.17, 15) is 0 Å². The highest BCUT2D eigenvalue weighted by Crippen LogP contribution is 2.36. The summed E-state index contributed by atoms with van der Waals surface area (Å²) in [6.07, 6.45) is 2.69.